The van der Waals surface area contributed by atoms with Crippen molar-refractivity contribution in [3.05, 3.63) is 0 Å². The highest BCUT2D eigenvalue weighted by Crippen LogP contribution is 2.23. The molecule has 3 unspecified atom stereocenters. The molecule has 14 heavy (non-hydrogen) atoms. The molecule has 1 heterocycles. The van der Waals surface area contributed by atoms with E-state index in [1.165, 1.54) is 12.8 Å². The summed E-state index contributed by atoms with van der Waals surface area (Å²) in [7, 11) is 0. The van der Waals surface area contributed by atoms with Gasteiger partial charge in [-0.15, -0.1) is 0 Å². The Morgan fingerprint density at radius 1 is 1.07 bits per heavy atom. The maximum Gasteiger partial charge on any atom is 0.0813 e. The average Bonchev–Trinajstić information content (AvgIpc) is 2.23. The summed E-state index contributed by atoms with van der Waals surface area (Å²) in [6, 6.07) is 0.255. The second-order valence-electron chi connectivity index (χ2n) is 4.46. The summed E-state index contributed by atoms with van der Waals surface area (Å²) in [6.07, 6.45) is 7.66. The van der Waals surface area contributed by atoms with Crippen molar-refractivity contribution in [2.24, 2.45) is 5.73 Å². The predicted octanol–water partition coefficient (Wildman–Crippen LogP) is 1.45. The molecular weight excluding hydrogens is 178 g/mol. The summed E-state index contributed by atoms with van der Waals surface area (Å²) in [5.74, 6) is 0. The first-order valence-corrected chi connectivity index (χ1v) is 5.85. The van der Waals surface area contributed by atoms with Crippen molar-refractivity contribution >= 4 is 0 Å². The van der Waals surface area contributed by atoms with Gasteiger partial charge in [-0.05, 0) is 25.7 Å². The van der Waals surface area contributed by atoms with Gasteiger partial charge in [0.1, 0.15) is 0 Å². The molecule has 0 spiro atoms. The fourth-order valence-corrected chi connectivity index (χ4v) is 2.36. The third-order valence-electron chi connectivity index (χ3n) is 3.24. The molecule has 3 atom stereocenters. The molecule has 3 nitrogen and oxygen atoms in total. The van der Waals surface area contributed by atoms with Crippen LogP contribution in [0.5, 0.6) is 0 Å². The molecule has 0 bridgehead atoms. The molecule has 1 aliphatic heterocycles. The Kier molecular flexibility index (Phi) is 3.79. The maximum absolute atomic E-state index is 6.03. The second-order valence-corrected chi connectivity index (χ2v) is 4.46. The zero-order valence-electron chi connectivity index (χ0n) is 8.78. The highest BCUT2D eigenvalue weighted by Gasteiger charge is 2.26. The topological polar surface area (TPSA) is 44.5 Å². The zero-order chi connectivity index (χ0) is 9.80. The van der Waals surface area contributed by atoms with E-state index in [0.717, 1.165) is 38.9 Å². The molecule has 3 heteroatoms. The van der Waals surface area contributed by atoms with Crippen LogP contribution in [0.2, 0.25) is 0 Å². The molecule has 0 aromatic carbocycles. The maximum atomic E-state index is 6.03. The van der Waals surface area contributed by atoms with Crippen LogP contribution in [-0.4, -0.2) is 31.5 Å². The van der Waals surface area contributed by atoms with Gasteiger partial charge in [-0.1, -0.05) is 12.8 Å². The van der Waals surface area contributed by atoms with Gasteiger partial charge >= 0.3 is 0 Å². The van der Waals surface area contributed by atoms with Crippen molar-refractivity contribution in [1.82, 2.24) is 0 Å². The van der Waals surface area contributed by atoms with Crippen molar-refractivity contribution in [3.8, 4) is 0 Å². The summed E-state index contributed by atoms with van der Waals surface area (Å²) >= 11 is 0. The van der Waals surface area contributed by atoms with E-state index < -0.39 is 0 Å². The predicted molar refractivity (Wildman–Crippen MR) is 55.2 cm³/mol. The standard InChI is InChI=1S/C11H21NO2/c12-10-5-1-2-6-11(10)14-9-4-3-7-13-8-9/h9-11H,1-8,12H2. The van der Waals surface area contributed by atoms with Crippen LogP contribution in [0.1, 0.15) is 38.5 Å². The van der Waals surface area contributed by atoms with Gasteiger partial charge in [0.15, 0.2) is 0 Å². The van der Waals surface area contributed by atoms with Crippen LogP contribution in [-0.2, 0) is 9.47 Å². The van der Waals surface area contributed by atoms with Gasteiger partial charge in [0.05, 0.1) is 18.8 Å². The molecular formula is C11H21NO2. The van der Waals surface area contributed by atoms with E-state index in [2.05, 4.69) is 0 Å². The third-order valence-corrected chi connectivity index (χ3v) is 3.24. The lowest BCUT2D eigenvalue weighted by atomic mass is 9.93. The van der Waals surface area contributed by atoms with Gasteiger partial charge in [-0.3, -0.25) is 0 Å². The van der Waals surface area contributed by atoms with Crippen LogP contribution in [0, 0.1) is 0 Å². The Labute approximate surface area is 85.9 Å². The Morgan fingerprint density at radius 2 is 1.93 bits per heavy atom. The quantitative estimate of drug-likeness (QED) is 0.732. The third kappa shape index (κ3) is 2.69. The molecule has 1 saturated carbocycles. The second kappa shape index (κ2) is 5.10. The van der Waals surface area contributed by atoms with Gasteiger partial charge in [0.2, 0.25) is 0 Å². The van der Waals surface area contributed by atoms with Crippen molar-refractivity contribution in [3.63, 3.8) is 0 Å². The number of ether oxygens (including phenoxy) is 2. The van der Waals surface area contributed by atoms with E-state index in [0.29, 0.717) is 6.10 Å². The molecule has 82 valence electrons. The normalized spacial score (nSPS) is 39.6. The van der Waals surface area contributed by atoms with Crippen LogP contribution in [0.25, 0.3) is 0 Å². The first-order chi connectivity index (χ1) is 6.86. The van der Waals surface area contributed by atoms with Crippen LogP contribution in [0.15, 0.2) is 0 Å². The van der Waals surface area contributed by atoms with Crippen LogP contribution in [0.4, 0.5) is 0 Å². The lowest BCUT2D eigenvalue weighted by Crippen LogP contribution is -2.43. The number of rotatable bonds is 2. The molecule has 1 saturated heterocycles. The molecule has 0 aromatic heterocycles. The molecule has 2 aliphatic rings. The number of nitrogens with two attached hydrogens (primary N) is 1. The molecule has 0 radical (unpaired) electrons. The Balaban J connectivity index is 1.76. The number of hydrogen-bond donors (Lipinski definition) is 1. The fraction of sp³-hybridized carbons (Fsp3) is 1.00. The van der Waals surface area contributed by atoms with E-state index >= 15 is 0 Å². The SMILES string of the molecule is NC1CCCCC1OC1CCCOC1. The molecule has 0 amide bonds. The van der Waals surface area contributed by atoms with E-state index in [1.807, 2.05) is 0 Å². The van der Waals surface area contributed by atoms with Crippen molar-refractivity contribution in [1.29, 1.82) is 0 Å². The van der Waals surface area contributed by atoms with Crippen molar-refractivity contribution in [2.45, 2.75) is 56.8 Å². The van der Waals surface area contributed by atoms with Crippen molar-refractivity contribution < 1.29 is 9.47 Å². The summed E-state index contributed by atoms with van der Waals surface area (Å²) in [6.45, 7) is 1.67. The molecule has 2 N–H and O–H groups in total. The highest BCUT2D eigenvalue weighted by molar-refractivity contribution is 4.80. The highest BCUT2D eigenvalue weighted by atomic mass is 16.5. The number of hydrogen-bond acceptors (Lipinski definition) is 3. The van der Waals surface area contributed by atoms with Gasteiger partial charge in [0.25, 0.3) is 0 Å². The minimum Gasteiger partial charge on any atom is -0.379 e. The minimum atomic E-state index is 0.255. The summed E-state index contributed by atoms with van der Waals surface area (Å²) < 4.78 is 11.4. The molecule has 2 rings (SSSR count). The van der Waals surface area contributed by atoms with E-state index in [-0.39, 0.29) is 12.1 Å². The largest absolute Gasteiger partial charge is 0.379 e. The monoisotopic (exact) mass is 199 g/mol. The van der Waals surface area contributed by atoms with Crippen molar-refractivity contribution in [2.75, 3.05) is 13.2 Å². The Morgan fingerprint density at radius 3 is 2.64 bits per heavy atom. The van der Waals surface area contributed by atoms with E-state index in [1.54, 1.807) is 0 Å². The van der Waals surface area contributed by atoms with Crippen LogP contribution >= 0.6 is 0 Å². The average molecular weight is 199 g/mol. The van der Waals surface area contributed by atoms with Gasteiger partial charge in [-0.25, -0.2) is 0 Å². The van der Waals surface area contributed by atoms with E-state index in [4.69, 9.17) is 15.2 Å². The lowest BCUT2D eigenvalue weighted by Gasteiger charge is -2.33. The first-order valence-electron chi connectivity index (χ1n) is 5.85. The lowest BCUT2D eigenvalue weighted by molar-refractivity contribution is -0.0978. The van der Waals surface area contributed by atoms with Gasteiger partial charge in [0, 0.05) is 12.6 Å². The Hall–Kier alpha value is -0.120. The fourth-order valence-electron chi connectivity index (χ4n) is 2.36. The minimum absolute atomic E-state index is 0.255. The molecule has 2 fully saturated rings. The van der Waals surface area contributed by atoms with Gasteiger partial charge < -0.3 is 15.2 Å². The Bertz CT molecular complexity index is 169. The smallest absolute Gasteiger partial charge is 0.0813 e. The van der Waals surface area contributed by atoms with Gasteiger partial charge in [-0.2, -0.15) is 0 Å². The molecule has 0 aromatic rings. The first kappa shape index (κ1) is 10.4. The zero-order valence-corrected chi connectivity index (χ0v) is 8.78. The molecule has 1 aliphatic carbocycles. The van der Waals surface area contributed by atoms with E-state index in [9.17, 15) is 0 Å². The summed E-state index contributed by atoms with van der Waals surface area (Å²) in [5.41, 5.74) is 6.03. The summed E-state index contributed by atoms with van der Waals surface area (Å²) in [5, 5.41) is 0. The van der Waals surface area contributed by atoms with Crippen LogP contribution < -0.4 is 5.73 Å². The van der Waals surface area contributed by atoms with Crippen LogP contribution in [0.3, 0.4) is 0 Å². The summed E-state index contributed by atoms with van der Waals surface area (Å²) in [4.78, 5) is 0.